The Morgan fingerprint density at radius 1 is 1.24 bits per heavy atom. The van der Waals surface area contributed by atoms with Gasteiger partial charge in [0.25, 0.3) is 0 Å². The summed E-state index contributed by atoms with van der Waals surface area (Å²) in [6.45, 7) is 11.6. The molecule has 0 amide bonds. The molecule has 1 saturated carbocycles. The molecule has 0 bridgehead atoms. The van der Waals surface area contributed by atoms with E-state index in [4.69, 9.17) is 5.73 Å². The van der Waals surface area contributed by atoms with Crippen LogP contribution in [0, 0.1) is 11.8 Å². The Morgan fingerprint density at radius 3 is 2.43 bits per heavy atom. The van der Waals surface area contributed by atoms with Crippen LogP contribution in [0.15, 0.2) is 0 Å². The maximum Gasteiger partial charge on any atom is 0.0334 e. The van der Waals surface area contributed by atoms with Gasteiger partial charge in [0, 0.05) is 18.1 Å². The molecule has 2 fully saturated rings. The summed E-state index contributed by atoms with van der Waals surface area (Å²) < 4.78 is 0. The van der Waals surface area contributed by atoms with Crippen LogP contribution in [0.4, 0.5) is 0 Å². The van der Waals surface area contributed by atoms with Gasteiger partial charge in [-0.2, -0.15) is 0 Å². The molecule has 21 heavy (non-hydrogen) atoms. The first-order valence-electron chi connectivity index (χ1n) is 9.17. The second-order valence-electron chi connectivity index (χ2n) is 7.81. The van der Waals surface area contributed by atoms with Crippen molar-refractivity contribution in [2.75, 3.05) is 33.2 Å². The summed E-state index contributed by atoms with van der Waals surface area (Å²) in [6.07, 6.45) is 8.01. The van der Waals surface area contributed by atoms with Crippen molar-refractivity contribution in [3.63, 3.8) is 0 Å². The number of nitrogens with two attached hydrogens (primary N) is 1. The highest BCUT2D eigenvalue weighted by Gasteiger charge is 2.42. The van der Waals surface area contributed by atoms with E-state index in [0.717, 1.165) is 24.4 Å². The minimum Gasteiger partial charge on any atom is -0.329 e. The molecule has 0 aromatic rings. The van der Waals surface area contributed by atoms with Crippen LogP contribution in [0.25, 0.3) is 0 Å². The highest BCUT2D eigenvalue weighted by Crippen LogP contribution is 2.40. The van der Waals surface area contributed by atoms with Gasteiger partial charge in [-0.1, -0.05) is 33.6 Å². The van der Waals surface area contributed by atoms with Gasteiger partial charge in [0.05, 0.1) is 0 Å². The Morgan fingerprint density at radius 2 is 1.90 bits per heavy atom. The highest BCUT2D eigenvalue weighted by atomic mass is 15.2. The van der Waals surface area contributed by atoms with Gasteiger partial charge in [0.1, 0.15) is 0 Å². The van der Waals surface area contributed by atoms with E-state index in [-0.39, 0.29) is 5.54 Å². The van der Waals surface area contributed by atoms with Crippen LogP contribution in [-0.4, -0.2) is 54.6 Å². The average molecular weight is 296 g/mol. The molecule has 0 aromatic carbocycles. The van der Waals surface area contributed by atoms with Crippen LogP contribution in [-0.2, 0) is 0 Å². The monoisotopic (exact) mass is 295 g/mol. The minimum absolute atomic E-state index is 0.270. The number of piperidine rings is 1. The fourth-order valence-corrected chi connectivity index (χ4v) is 4.61. The lowest BCUT2D eigenvalue weighted by atomic mass is 9.70. The third kappa shape index (κ3) is 3.80. The molecule has 2 N–H and O–H groups in total. The van der Waals surface area contributed by atoms with E-state index in [1.165, 1.54) is 58.2 Å². The normalized spacial score (nSPS) is 33.0. The van der Waals surface area contributed by atoms with Crippen LogP contribution >= 0.6 is 0 Å². The molecule has 1 aliphatic heterocycles. The number of hydrogen-bond acceptors (Lipinski definition) is 3. The van der Waals surface area contributed by atoms with E-state index < -0.39 is 0 Å². The van der Waals surface area contributed by atoms with Crippen LogP contribution in [0.5, 0.6) is 0 Å². The zero-order valence-corrected chi connectivity index (χ0v) is 14.8. The molecular weight excluding hydrogens is 258 g/mol. The fourth-order valence-electron chi connectivity index (χ4n) is 4.61. The van der Waals surface area contributed by atoms with Crippen LogP contribution in [0.2, 0.25) is 0 Å². The van der Waals surface area contributed by atoms with E-state index >= 15 is 0 Å². The second-order valence-corrected chi connectivity index (χ2v) is 7.81. The third-order valence-corrected chi connectivity index (χ3v) is 6.48. The molecule has 1 aliphatic carbocycles. The lowest BCUT2D eigenvalue weighted by Gasteiger charge is -2.52. The van der Waals surface area contributed by atoms with Gasteiger partial charge in [0.15, 0.2) is 0 Å². The summed E-state index contributed by atoms with van der Waals surface area (Å²) in [6, 6.07) is 0.738. The molecule has 3 heteroatoms. The summed E-state index contributed by atoms with van der Waals surface area (Å²) in [4.78, 5) is 5.28. The van der Waals surface area contributed by atoms with E-state index in [1.807, 2.05) is 0 Å². The second kappa shape index (κ2) is 7.43. The van der Waals surface area contributed by atoms with Gasteiger partial charge in [-0.25, -0.2) is 0 Å². The van der Waals surface area contributed by atoms with Gasteiger partial charge >= 0.3 is 0 Å². The number of likely N-dealkylation sites (N-methyl/N-ethyl adjacent to an activating group) is 1. The Balaban J connectivity index is 2.02. The maximum atomic E-state index is 6.31. The SMILES string of the molecule is CCN1CCC(N(C)C2(CN)CCCC(C(C)C)C2)CC1. The molecule has 2 aliphatic rings. The minimum atomic E-state index is 0.270. The summed E-state index contributed by atoms with van der Waals surface area (Å²) in [5, 5.41) is 0. The molecule has 3 nitrogen and oxygen atoms in total. The lowest BCUT2D eigenvalue weighted by molar-refractivity contribution is -0.00527. The fraction of sp³-hybridized carbons (Fsp3) is 1.00. The van der Waals surface area contributed by atoms with Crippen LogP contribution in [0.1, 0.15) is 59.3 Å². The Kier molecular flexibility index (Phi) is 6.10. The molecule has 0 radical (unpaired) electrons. The summed E-state index contributed by atoms with van der Waals surface area (Å²) in [5.74, 6) is 1.66. The quantitative estimate of drug-likeness (QED) is 0.846. The number of rotatable bonds is 5. The van der Waals surface area contributed by atoms with Crippen molar-refractivity contribution in [3.05, 3.63) is 0 Å². The van der Waals surface area contributed by atoms with Crippen LogP contribution < -0.4 is 5.73 Å². The van der Waals surface area contributed by atoms with Gasteiger partial charge in [-0.05, 0) is 64.2 Å². The number of nitrogens with zero attached hydrogens (tertiary/aromatic N) is 2. The van der Waals surface area contributed by atoms with Gasteiger partial charge in [-0.3, -0.25) is 4.90 Å². The first-order valence-corrected chi connectivity index (χ1v) is 9.17. The van der Waals surface area contributed by atoms with Gasteiger partial charge in [0.2, 0.25) is 0 Å². The van der Waals surface area contributed by atoms with Gasteiger partial charge < -0.3 is 10.6 Å². The molecule has 2 unspecified atom stereocenters. The molecule has 0 spiro atoms. The van der Waals surface area contributed by atoms with Crippen molar-refractivity contribution in [1.82, 2.24) is 9.80 Å². The summed E-state index contributed by atoms with van der Waals surface area (Å²) in [5.41, 5.74) is 6.58. The average Bonchev–Trinajstić information content (AvgIpc) is 2.54. The molecule has 0 aromatic heterocycles. The van der Waals surface area contributed by atoms with Crippen molar-refractivity contribution in [2.24, 2.45) is 17.6 Å². The van der Waals surface area contributed by atoms with Crippen molar-refractivity contribution in [3.8, 4) is 0 Å². The first kappa shape index (κ1) is 17.2. The van der Waals surface area contributed by atoms with Crippen molar-refractivity contribution in [1.29, 1.82) is 0 Å². The Bertz CT molecular complexity index is 310. The summed E-state index contributed by atoms with van der Waals surface area (Å²) in [7, 11) is 2.36. The van der Waals surface area contributed by atoms with Crippen molar-refractivity contribution < 1.29 is 0 Å². The zero-order chi connectivity index (χ0) is 15.5. The topological polar surface area (TPSA) is 32.5 Å². The predicted octanol–water partition coefficient (Wildman–Crippen LogP) is 2.95. The smallest absolute Gasteiger partial charge is 0.0334 e. The molecule has 2 rings (SSSR count). The van der Waals surface area contributed by atoms with E-state index in [9.17, 15) is 0 Å². The Labute approximate surface area is 132 Å². The lowest BCUT2D eigenvalue weighted by Crippen LogP contribution is -2.60. The largest absolute Gasteiger partial charge is 0.329 e. The Hall–Kier alpha value is -0.120. The first-order chi connectivity index (χ1) is 10.0. The maximum absolute atomic E-state index is 6.31. The number of likely N-dealkylation sites (tertiary alicyclic amines) is 1. The van der Waals surface area contributed by atoms with E-state index in [2.05, 4.69) is 37.6 Å². The van der Waals surface area contributed by atoms with E-state index in [0.29, 0.717) is 0 Å². The van der Waals surface area contributed by atoms with Crippen LogP contribution in [0.3, 0.4) is 0 Å². The highest BCUT2D eigenvalue weighted by molar-refractivity contribution is 4.99. The molecule has 124 valence electrons. The van der Waals surface area contributed by atoms with E-state index in [1.54, 1.807) is 0 Å². The molecule has 2 atom stereocenters. The standard InChI is InChI=1S/C18H37N3/c1-5-21-11-8-17(9-12-21)20(4)18(14-19)10-6-7-16(13-18)15(2)3/h15-17H,5-14,19H2,1-4H3. The number of hydrogen-bond donors (Lipinski definition) is 1. The zero-order valence-electron chi connectivity index (χ0n) is 14.8. The third-order valence-electron chi connectivity index (χ3n) is 6.48. The molecule has 1 heterocycles. The van der Waals surface area contributed by atoms with Crippen molar-refractivity contribution >= 4 is 0 Å². The molecular formula is C18H37N3. The molecule has 1 saturated heterocycles. The summed E-state index contributed by atoms with van der Waals surface area (Å²) >= 11 is 0. The predicted molar refractivity (Wildman–Crippen MR) is 91.5 cm³/mol. The van der Waals surface area contributed by atoms with Crippen molar-refractivity contribution in [2.45, 2.75) is 70.9 Å². The van der Waals surface area contributed by atoms with Gasteiger partial charge in [-0.15, -0.1) is 0 Å².